The predicted molar refractivity (Wildman–Crippen MR) is 92.2 cm³/mol. The molecule has 3 aromatic carbocycles. The third kappa shape index (κ3) is 1.75. The first-order chi connectivity index (χ1) is 10.1. The molecular weight excluding hydrogens is 252 g/mol. The summed E-state index contributed by atoms with van der Waals surface area (Å²) in [5.74, 6) is 0. The summed E-state index contributed by atoms with van der Waals surface area (Å²) in [6, 6.07) is 16.2. The van der Waals surface area contributed by atoms with E-state index in [1.807, 2.05) is 0 Å². The smallest absolute Gasteiger partial charge is 0.00718 e. The summed E-state index contributed by atoms with van der Waals surface area (Å²) in [6.45, 7) is 6.93. The molecule has 21 heavy (non-hydrogen) atoms. The van der Waals surface area contributed by atoms with Crippen LogP contribution in [0.25, 0.3) is 21.5 Å². The van der Waals surface area contributed by atoms with Gasteiger partial charge in [-0.15, -0.1) is 0 Å². The quantitative estimate of drug-likeness (QED) is 0.483. The molecule has 106 valence electrons. The van der Waals surface area contributed by atoms with Crippen LogP contribution in [0.15, 0.2) is 42.5 Å². The Hall–Kier alpha value is -1.82. The number of rotatable bonds is 1. The van der Waals surface area contributed by atoms with Crippen molar-refractivity contribution < 1.29 is 0 Å². The zero-order valence-electron chi connectivity index (χ0n) is 13.2. The molecule has 0 nitrogen and oxygen atoms in total. The summed E-state index contributed by atoms with van der Waals surface area (Å²) in [4.78, 5) is 0. The number of aryl methyl sites for hydroxylation is 2. The molecule has 0 aliphatic heterocycles. The fourth-order valence-corrected chi connectivity index (χ4v) is 4.05. The first-order valence-corrected chi connectivity index (χ1v) is 8.08. The summed E-state index contributed by atoms with van der Waals surface area (Å²) < 4.78 is 0. The molecular formula is C21H22. The highest BCUT2D eigenvalue weighted by atomic mass is 14.4. The average molecular weight is 274 g/mol. The van der Waals surface area contributed by atoms with Gasteiger partial charge in [-0.25, -0.2) is 0 Å². The van der Waals surface area contributed by atoms with Crippen LogP contribution in [0.3, 0.4) is 0 Å². The average Bonchev–Trinajstić information content (AvgIpc) is 2.85. The van der Waals surface area contributed by atoms with E-state index in [-0.39, 0.29) is 0 Å². The van der Waals surface area contributed by atoms with Gasteiger partial charge >= 0.3 is 0 Å². The van der Waals surface area contributed by atoms with Crippen LogP contribution in [0, 0.1) is 6.92 Å². The normalized spacial score (nSPS) is 21.1. The van der Waals surface area contributed by atoms with Crippen molar-refractivity contribution in [3.63, 3.8) is 0 Å². The van der Waals surface area contributed by atoms with Gasteiger partial charge < -0.3 is 0 Å². The topological polar surface area (TPSA) is 0 Å². The van der Waals surface area contributed by atoms with Gasteiger partial charge in [0, 0.05) is 0 Å². The van der Waals surface area contributed by atoms with Crippen molar-refractivity contribution in [2.24, 2.45) is 0 Å². The van der Waals surface area contributed by atoms with Gasteiger partial charge in [-0.3, -0.25) is 0 Å². The molecule has 1 aliphatic rings. The van der Waals surface area contributed by atoms with E-state index in [0.29, 0.717) is 5.41 Å². The van der Waals surface area contributed by atoms with Crippen LogP contribution in [0.2, 0.25) is 0 Å². The van der Waals surface area contributed by atoms with E-state index in [9.17, 15) is 0 Å². The minimum absolute atomic E-state index is 0.380. The molecule has 0 aromatic heterocycles. The van der Waals surface area contributed by atoms with Crippen molar-refractivity contribution in [1.29, 1.82) is 0 Å². The molecule has 0 spiro atoms. The molecule has 1 aliphatic carbocycles. The number of hydrogen-bond donors (Lipinski definition) is 0. The Balaban J connectivity index is 2.09. The first-order valence-electron chi connectivity index (χ1n) is 8.08. The van der Waals surface area contributed by atoms with E-state index in [4.69, 9.17) is 0 Å². The van der Waals surface area contributed by atoms with Crippen LogP contribution in [0.5, 0.6) is 0 Å². The van der Waals surface area contributed by atoms with Crippen LogP contribution in [-0.2, 0) is 11.8 Å². The summed E-state index contributed by atoms with van der Waals surface area (Å²) in [5.41, 5.74) is 4.91. The van der Waals surface area contributed by atoms with Crippen LogP contribution >= 0.6 is 0 Å². The molecule has 0 radical (unpaired) electrons. The highest BCUT2D eigenvalue weighted by Crippen LogP contribution is 2.44. The number of fused-ring (bicyclic) bond motifs is 5. The molecule has 1 unspecified atom stereocenters. The molecule has 0 bridgehead atoms. The maximum Gasteiger partial charge on any atom is -0.00718 e. The summed E-state index contributed by atoms with van der Waals surface area (Å²) >= 11 is 0. The van der Waals surface area contributed by atoms with Gasteiger partial charge in [-0.1, -0.05) is 61.9 Å². The third-order valence-electron chi connectivity index (χ3n) is 5.64. The van der Waals surface area contributed by atoms with E-state index >= 15 is 0 Å². The highest BCUT2D eigenvalue weighted by Gasteiger charge is 2.33. The molecule has 0 amide bonds. The molecule has 0 heterocycles. The molecule has 0 saturated carbocycles. The maximum absolute atomic E-state index is 2.43. The van der Waals surface area contributed by atoms with E-state index in [1.165, 1.54) is 46.4 Å². The zero-order valence-corrected chi connectivity index (χ0v) is 13.2. The second kappa shape index (κ2) is 4.34. The lowest BCUT2D eigenvalue weighted by atomic mass is 9.81. The Morgan fingerprint density at radius 3 is 2.52 bits per heavy atom. The fraction of sp³-hybridized carbons (Fsp3) is 0.333. The van der Waals surface area contributed by atoms with Gasteiger partial charge in [0.25, 0.3) is 0 Å². The molecule has 4 rings (SSSR count). The zero-order chi connectivity index (χ0) is 14.6. The monoisotopic (exact) mass is 274 g/mol. The van der Waals surface area contributed by atoms with E-state index in [2.05, 4.69) is 63.2 Å². The lowest BCUT2D eigenvalue weighted by molar-refractivity contribution is 0.453. The summed E-state index contributed by atoms with van der Waals surface area (Å²) in [6.07, 6.45) is 3.76. The van der Waals surface area contributed by atoms with Gasteiger partial charge in [-0.2, -0.15) is 0 Å². The maximum atomic E-state index is 2.43. The van der Waals surface area contributed by atoms with Gasteiger partial charge in [-0.05, 0) is 64.3 Å². The lowest BCUT2D eigenvalue weighted by Gasteiger charge is -2.23. The minimum Gasteiger partial charge on any atom is -0.0645 e. The summed E-state index contributed by atoms with van der Waals surface area (Å²) in [5, 5.41) is 5.66. The first kappa shape index (κ1) is 12.9. The molecule has 3 aromatic rings. The van der Waals surface area contributed by atoms with Gasteiger partial charge in [0.05, 0.1) is 0 Å². The van der Waals surface area contributed by atoms with E-state index < -0.39 is 0 Å². The Morgan fingerprint density at radius 1 is 0.952 bits per heavy atom. The van der Waals surface area contributed by atoms with Crippen molar-refractivity contribution in [2.45, 2.75) is 45.4 Å². The Labute approximate surface area is 126 Å². The second-order valence-corrected chi connectivity index (χ2v) is 6.89. The molecule has 0 heteroatoms. The number of benzene rings is 3. The Kier molecular flexibility index (Phi) is 2.66. The SMILES string of the molecule is CCC1(C)CCc2c1ccc1c2ccc2ccc(C)cc21. The predicted octanol–water partition coefficient (Wildman–Crippen LogP) is 5.92. The highest BCUT2D eigenvalue weighted by molar-refractivity contribution is 6.09. The second-order valence-electron chi connectivity index (χ2n) is 6.89. The van der Waals surface area contributed by atoms with Crippen molar-refractivity contribution in [1.82, 2.24) is 0 Å². The third-order valence-corrected chi connectivity index (χ3v) is 5.64. The van der Waals surface area contributed by atoms with Gasteiger partial charge in [0.1, 0.15) is 0 Å². The van der Waals surface area contributed by atoms with Crippen molar-refractivity contribution in [3.05, 3.63) is 59.2 Å². The van der Waals surface area contributed by atoms with E-state index in [0.717, 1.165) is 0 Å². The Bertz CT molecular complexity index is 857. The lowest BCUT2D eigenvalue weighted by Crippen LogP contribution is -2.16. The van der Waals surface area contributed by atoms with E-state index in [1.54, 1.807) is 11.1 Å². The Morgan fingerprint density at radius 2 is 1.71 bits per heavy atom. The van der Waals surface area contributed by atoms with Crippen molar-refractivity contribution in [3.8, 4) is 0 Å². The number of hydrogen-bond acceptors (Lipinski definition) is 0. The fourth-order valence-electron chi connectivity index (χ4n) is 4.05. The van der Waals surface area contributed by atoms with Crippen molar-refractivity contribution >= 4 is 21.5 Å². The molecule has 0 fully saturated rings. The van der Waals surface area contributed by atoms with Crippen LogP contribution in [-0.4, -0.2) is 0 Å². The molecule has 0 N–H and O–H groups in total. The van der Waals surface area contributed by atoms with Gasteiger partial charge in [0.2, 0.25) is 0 Å². The van der Waals surface area contributed by atoms with Gasteiger partial charge in [0.15, 0.2) is 0 Å². The standard InChI is InChI=1S/C21H22/c1-4-21(3)12-11-18-16-8-7-15-6-5-14(2)13-19(15)17(16)9-10-20(18)21/h5-10,13H,4,11-12H2,1-3H3. The summed E-state index contributed by atoms with van der Waals surface area (Å²) in [7, 11) is 0. The largest absolute Gasteiger partial charge is 0.0645 e. The minimum atomic E-state index is 0.380. The van der Waals surface area contributed by atoms with Crippen molar-refractivity contribution in [2.75, 3.05) is 0 Å². The van der Waals surface area contributed by atoms with Crippen LogP contribution in [0.1, 0.15) is 43.4 Å². The molecule has 0 saturated heterocycles. The van der Waals surface area contributed by atoms with Crippen LogP contribution < -0.4 is 0 Å². The van der Waals surface area contributed by atoms with Crippen LogP contribution in [0.4, 0.5) is 0 Å². The molecule has 1 atom stereocenters.